The van der Waals surface area contributed by atoms with Gasteiger partial charge in [-0.1, -0.05) is 15.9 Å². The molecule has 0 amide bonds. The number of oxazole rings is 1. The van der Waals surface area contributed by atoms with Crippen LogP contribution in [0.2, 0.25) is 0 Å². The first-order valence-corrected chi connectivity index (χ1v) is 9.72. The van der Waals surface area contributed by atoms with Gasteiger partial charge in [-0.3, -0.25) is 4.99 Å². The van der Waals surface area contributed by atoms with Gasteiger partial charge in [0.25, 0.3) is 0 Å². The number of aliphatic imine (C=N–C) groups is 1. The second kappa shape index (κ2) is 8.58. The lowest BCUT2D eigenvalue weighted by atomic mass is 10.1. The predicted molar refractivity (Wildman–Crippen MR) is 109 cm³/mol. The van der Waals surface area contributed by atoms with Crippen molar-refractivity contribution in [3.63, 3.8) is 0 Å². The van der Waals surface area contributed by atoms with Gasteiger partial charge in [0.15, 0.2) is 5.96 Å². The van der Waals surface area contributed by atoms with Crippen LogP contribution in [0.1, 0.15) is 23.8 Å². The first-order valence-electron chi connectivity index (χ1n) is 8.93. The van der Waals surface area contributed by atoms with Gasteiger partial charge in [-0.15, -0.1) is 0 Å². The van der Waals surface area contributed by atoms with Crippen LogP contribution in [-0.4, -0.2) is 37.6 Å². The molecule has 1 aromatic heterocycles. The van der Waals surface area contributed by atoms with E-state index in [-0.39, 0.29) is 0 Å². The van der Waals surface area contributed by atoms with E-state index in [1.807, 2.05) is 13.8 Å². The minimum absolute atomic E-state index is 0.532. The molecule has 1 aliphatic rings. The zero-order valence-electron chi connectivity index (χ0n) is 15.6. The van der Waals surface area contributed by atoms with Crippen LogP contribution < -0.4 is 15.5 Å². The van der Waals surface area contributed by atoms with Gasteiger partial charge in [-0.05, 0) is 50.5 Å². The monoisotopic (exact) mass is 419 g/mol. The van der Waals surface area contributed by atoms with Gasteiger partial charge in [-0.2, -0.15) is 0 Å². The van der Waals surface area contributed by atoms with E-state index in [1.54, 1.807) is 7.05 Å². The van der Waals surface area contributed by atoms with Crippen LogP contribution in [-0.2, 0) is 6.54 Å². The third-order valence-corrected chi connectivity index (χ3v) is 5.27. The topological polar surface area (TPSA) is 65.7 Å². The molecule has 1 unspecified atom stereocenters. The smallest absolute Gasteiger partial charge is 0.214 e. The average Bonchev–Trinajstić information content (AvgIpc) is 3.23. The molecule has 2 N–H and O–H groups in total. The number of nitrogens with zero attached hydrogens (tertiary/aromatic N) is 3. The van der Waals surface area contributed by atoms with E-state index in [9.17, 15) is 0 Å². The Morgan fingerprint density at radius 3 is 2.73 bits per heavy atom. The van der Waals surface area contributed by atoms with Crippen LogP contribution in [0.5, 0.6) is 0 Å². The van der Waals surface area contributed by atoms with Crippen LogP contribution in [0, 0.1) is 19.8 Å². The zero-order chi connectivity index (χ0) is 18.5. The quantitative estimate of drug-likeness (QED) is 0.574. The maximum absolute atomic E-state index is 5.59. The molecule has 3 rings (SSSR count). The van der Waals surface area contributed by atoms with E-state index in [2.05, 4.69) is 65.7 Å². The average molecular weight is 420 g/mol. The third-order valence-electron chi connectivity index (χ3n) is 4.74. The van der Waals surface area contributed by atoms with E-state index in [0.29, 0.717) is 18.4 Å². The Morgan fingerprint density at radius 1 is 1.31 bits per heavy atom. The van der Waals surface area contributed by atoms with Crippen LogP contribution >= 0.6 is 15.9 Å². The first kappa shape index (κ1) is 18.8. The fourth-order valence-electron chi connectivity index (χ4n) is 3.12. The summed E-state index contributed by atoms with van der Waals surface area (Å²) in [6.07, 6.45) is 1.18. The van der Waals surface area contributed by atoms with Gasteiger partial charge in [0.05, 0.1) is 12.2 Å². The maximum Gasteiger partial charge on any atom is 0.214 e. The third kappa shape index (κ3) is 4.78. The normalized spacial score (nSPS) is 17.6. The summed E-state index contributed by atoms with van der Waals surface area (Å²) in [5.41, 5.74) is 2.22. The number of guanidine groups is 1. The van der Waals surface area contributed by atoms with Gasteiger partial charge in [0.1, 0.15) is 5.76 Å². The van der Waals surface area contributed by atoms with Gasteiger partial charge in [0.2, 0.25) is 5.89 Å². The number of aromatic nitrogens is 1. The van der Waals surface area contributed by atoms with Crippen molar-refractivity contribution in [3.8, 4) is 0 Å². The van der Waals surface area contributed by atoms with E-state index < -0.39 is 0 Å². The molecular weight excluding hydrogens is 394 g/mol. The number of rotatable bonds is 5. The molecule has 140 valence electrons. The summed E-state index contributed by atoms with van der Waals surface area (Å²) in [6, 6.07) is 8.53. The summed E-state index contributed by atoms with van der Waals surface area (Å²) in [7, 11) is 1.78. The van der Waals surface area contributed by atoms with Crippen LogP contribution in [0.25, 0.3) is 0 Å². The lowest BCUT2D eigenvalue weighted by Crippen LogP contribution is -2.40. The molecule has 1 fully saturated rings. The molecule has 7 heteroatoms. The van der Waals surface area contributed by atoms with E-state index in [0.717, 1.165) is 41.5 Å². The summed E-state index contributed by atoms with van der Waals surface area (Å²) < 4.78 is 6.71. The van der Waals surface area contributed by atoms with Crippen molar-refractivity contribution < 1.29 is 4.42 Å². The van der Waals surface area contributed by atoms with Crippen molar-refractivity contribution in [3.05, 3.63) is 46.1 Å². The van der Waals surface area contributed by atoms with Crippen molar-refractivity contribution in [2.75, 3.05) is 31.6 Å². The Labute approximate surface area is 163 Å². The summed E-state index contributed by atoms with van der Waals surface area (Å²) in [5, 5.41) is 6.68. The largest absolute Gasteiger partial charge is 0.444 e. The SMILES string of the molecule is CN=C(NCc1nc(C)c(C)o1)NCC1CCN(c2ccc(Br)cc2)C1. The zero-order valence-corrected chi connectivity index (χ0v) is 17.1. The lowest BCUT2D eigenvalue weighted by molar-refractivity contribution is 0.463. The Bertz CT molecular complexity index is 736. The Kier molecular flexibility index (Phi) is 6.19. The molecule has 6 nitrogen and oxygen atoms in total. The number of halogens is 1. The number of aryl methyl sites for hydroxylation is 2. The molecule has 1 aliphatic heterocycles. The van der Waals surface area contributed by atoms with Gasteiger partial charge < -0.3 is 20.0 Å². The number of benzene rings is 1. The number of hydrogen-bond acceptors (Lipinski definition) is 4. The van der Waals surface area contributed by atoms with Crippen molar-refractivity contribution >= 4 is 27.6 Å². The summed E-state index contributed by atoms with van der Waals surface area (Å²) in [6.45, 7) is 7.46. The van der Waals surface area contributed by atoms with Crippen LogP contribution in [0.15, 0.2) is 38.1 Å². The van der Waals surface area contributed by atoms with E-state index in [4.69, 9.17) is 4.42 Å². The molecule has 1 atom stereocenters. The highest BCUT2D eigenvalue weighted by Gasteiger charge is 2.22. The van der Waals surface area contributed by atoms with Gasteiger partial charge in [0, 0.05) is 36.8 Å². The van der Waals surface area contributed by atoms with E-state index in [1.165, 1.54) is 12.1 Å². The van der Waals surface area contributed by atoms with Crippen molar-refractivity contribution in [1.29, 1.82) is 0 Å². The molecule has 26 heavy (non-hydrogen) atoms. The van der Waals surface area contributed by atoms with E-state index >= 15 is 0 Å². The minimum atomic E-state index is 0.532. The highest BCUT2D eigenvalue weighted by atomic mass is 79.9. The molecule has 1 aromatic carbocycles. The fourth-order valence-corrected chi connectivity index (χ4v) is 3.39. The molecule has 2 heterocycles. The molecule has 0 saturated carbocycles. The first-order chi connectivity index (χ1) is 12.5. The number of nitrogens with one attached hydrogen (secondary N) is 2. The van der Waals surface area contributed by atoms with Crippen molar-refractivity contribution in [1.82, 2.24) is 15.6 Å². The number of anilines is 1. The molecule has 0 radical (unpaired) electrons. The maximum atomic E-state index is 5.59. The summed E-state index contributed by atoms with van der Waals surface area (Å²) in [5.74, 6) is 2.93. The fraction of sp³-hybridized carbons (Fsp3) is 0.474. The molecule has 1 saturated heterocycles. The van der Waals surface area contributed by atoms with Gasteiger partial charge >= 0.3 is 0 Å². The Morgan fingerprint density at radius 2 is 2.08 bits per heavy atom. The standard InChI is InChI=1S/C19H26BrN5O/c1-13-14(2)26-18(24-13)11-23-19(21-3)22-10-15-8-9-25(12-15)17-6-4-16(20)5-7-17/h4-7,15H,8-12H2,1-3H3,(H2,21,22,23). The second-order valence-electron chi connectivity index (χ2n) is 6.63. The highest BCUT2D eigenvalue weighted by molar-refractivity contribution is 9.10. The molecular formula is C19H26BrN5O. The van der Waals surface area contributed by atoms with Crippen molar-refractivity contribution in [2.24, 2.45) is 10.9 Å². The number of hydrogen-bond donors (Lipinski definition) is 2. The Balaban J connectivity index is 1.44. The molecule has 2 aromatic rings. The molecule has 0 aliphatic carbocycles. The molecule has 0 spiro atoms. The Hall–Kier alpha value is -2.02. The lowest BCUT2D eigenvalue weighted by Gasteiger charge is -2.19. The van der Waals surface area contributed by atoms with Crippen LogP contribution in [0.3, 0.4) is 0 Å². The van der Waals surface area contributed by atoms with Crippen LogP contribution in [0.4, 0.5) is 5.69 Å². The van der Waals surface area contributed by atoms with Gasteiger partial charge in [-0.25, -0.2) is 4.98 Å². The minimum Gasteiger partial charge on any atom is -0.444 e. The summed E-state index contributed by atoms with van der Waals surface area (Å²) in [4.78, 5) is 11.1. The second-order valence-corrected chi connectivity index (χ2v) is 7.55. The highest BCUT2D eigenvalue weighted by Crippen LogP contribution is 2.24. The van der Waals surface area contributed by atoms with Crippen molar-refractivity contribution in [2.45, 2.75) is 26.8 Å². The predicted octanol–water partition coefficient (Wildman–Crippen LogP) is 3.25. The summed E-state index contributed by atoms with van der Waals surface area (Å²) >= 11 is 3.49. The molecule has 0 bridgehead atoms.